The number of hydrogen-bond donors (Lipinski definition) is 3. The van der Waals surface area contributed by atoms with E-state index >= 15 is 0 Å². The lowest BCUT2D eigenvalue weighted by molar-refractivity contribution is -0.146. The van der Waals surface area contributed by atoms with E-state index in [0.717, 1.165) is 0 Å². The predicted octanol–water partition coefficient (Wildman–Crippen LogP) is -0.486. The molecule has 5 nitrogen and oxygen atoms in total. The van der Waals surface area contributed by atoms with Crippen LogP contribution in [0.3, 0.4) is 0 Å². The van der Waals surface area contributed by atoms with Crippen LogP contribution in [0.4, 0.5) is 0 Å². The van der Waals surface area contributed by atoms with Crippen molar-refractivity contribution in [3.63, 3.8) is 0 Å². The van der Waals surface area contributed by atoms with Crippen LogP contribution in [0.25, 0.3) is 0 Å². The molecular formula is C9H13NO4. The van der Waals surface area contributed by atoms with E-state index < -0.39 is 12.1 Å². The topological polar surface area (TPSA) is 86.6 Å². The fourth-order valence-electron chi connectivity index (χ4n) is 1.26. The molecule has 3 N–H and O–H groups in total. The van der Waals surface area contributed by atoms with Crippen LogP contribution in [0.2, 0.25) is 0 Å². The number of carboxylic acids is 1. The van der Waals surface area contributed by atoms with Gasteiger partial charge in [-0.1, -0.05) is 12.2 Å². The van der Waals surface area contributed by atoms with E-state index in [0.29, 0.717) is 12.8 Å². The van der Waals surface area contributed by atoms with Crippen molar-refractivity contribution in [2.75, 3.05) is 6.54 Å². The summed E-state index contributed by atoms with van der Waals surface area (Å²) < 4.78 is 0. The van der Waals surface area contributed by atoms with E-state index in [9.17, 15) is 9.59 Å². The zero-order valence-corrected chi connectivity index (χ0v) is 7.64. The zero-order chi connectivity index (χ0) is 10.6. The van der Waals surface area contributed by atoms with Crippen molar-refractivity contribution >= 4 is 11.9 Å². The Labute approximate surface area is 81.4 Å². The monoisotopic (exact) mass is 199 g/mol. The lowest BCUT2D eigenvalue weighted by atomic mass is 10.1. The number of aliphatic carboxylic acids is 1. The van der Waals surface area contributed by atoms with Crippen molar-refractivity contribution in [3.05, 3.63) is 12.2 Å². The molecule has 5 heteroatoms. The highest BCUT2D eigenvalue weighted by Gasteiger charge is 2.21. The average molecular weight is 199 g/mol. The van der Waals surface area contributed by atoms with Gasteiger partial charge in [-0.25, -0.2) is 4.79 Å². The summed E-state index contributed by atoms with van der Waals surface area (Å²) in [6, 6.07) is 0. The minimum absolute atomic E-state index is 0.101. The molecule has 78 valence electrons. The van der Waals surface area contributed by atoms with Gasteiger partial charge in [-0.3, -0.25) is 4.79 Å². The van der Waals surface area contributed by atoms with E-state index in [1.54, 1.807) is 0 Å². The van der Waals surface area contributed by atoms with E-state index in [-0.39, 0.29) is 18.4 Å². The molecule has 1 amide bonds. The quantitative estimate of drug-likeness (QED) is 0.533. The lowest BCUT2D eigenvalue weighted by Crippen LogP contribution is -2.38. The summed E-state index contributed by atoms with van der Waals surface area (Å²) in [6.45, 7) is -0.231. The first kappa shape index (κ1) is 10.7. The van der Waals surface area contributed by atoms with Gasteiger partial charge in [0, 0.05) is 5.92 Å². The summed E-state index contributed by atoms with van der Waals surface area (Å²) in [6.07, 6.45) is 3.69. The smallest absolute Gasteiger partial charge is 0.334 e. The van der Waals surface area contributed by atoms with Gasteiger partial charge in [0.2, 0.25) is 5.91 Å². The van der Waals surface area contributed by atoms with Gasteiger partial charge >= 0.3 is 5.97 Å². The van der Waals surface area contributed by atoms with E-state index in [2.05, 4.69) is 5.32 Å². The van der Waals surface area contributed by atoms with E-state index in [4.69, 9.17) is 10.2 Å². The van der Waals surface area contributed by atoms with Crippen LogP contribution >= 0.6 is 0 Å². The maximum Gasteiger partial charge on any atom is 0.334 e. The first-order valence-corrected chi connectivity index (χ1v) is 4.45. The third-order valence-electron chi connectivity index (χ3n) is 2.13. The summed E-state index contributed by atoms with van der Waals surface area (Å²) in [5.74, 6) is -1.62. The van der Waals surface area contributed by atoms with Crippen LogP contribution < -0.4 is 5.32 Å². The fraction of sp³-hybridized carbons (Fsp3) is 0.556. The van der Waals surface area contributed by atoms with Crippen molar-refractivity contribution in [2.24, 2.45) is 5.92 Å². The number of aliphatic hydroxyl groups is 1. The maximum absolute atomic E-state index is 11.3. The SMILES string of the molecule is O=C(O)C(O)CNC(=O)C1CC=CC1. The van der Waals surface area contributed by atoms with Gasteiger partial charge in [0.25, 0.3) is 0 Å². The van der Waals surface area contributed by atoms with Gasteiger partial charge in [0.1, 0.15) is 0 Å². The molecular weight excluding hydrogens is 186 g/mol. The second-order valence-corrected chi connectivity index (χ2v) is 3.24. The molecule has 1 aliphatic rings. The third kappa shape index (κ3) is 2.85. The highest BCUT2D eigenvalue weighted by atomic mass is 16.4. The Morgan fingerprint density at radius 3 is 2.50 bits per heavy atom. The molecule has 1 rings (SSSR count). The van der Waals surface area contributed by atoms with Crippen molar-refractivity contribution in [2.45, 2.75) is 18.9 Å². The molecule has 1 unspecified atom stereocenters. The Bertz CT molecular complexity index is 254. The number of aliphatic hydroxyl groups excluding tert-OH is 1. The number of rotatable bonds is 4. The molecule has 0 aromatic rings. The third-order valence-corrected chi connectivity index (χ3v) is 2.13. The molecule has 1 atom stereocenters. The minimum atomic E-state index is -1.52. The molecule has 0 heterocycles. The minimum Gasteiger partial charge on any atom is -0.479 e. The number of hydrogen-bond acceptors (Lipinski definition) is 3. The first-order chi connectivity index (χ1) is 6.61. The second kappa shape index (κ2) is 4.76. The molecule has 1 aliphatic carbocycles. The first-order valence-electron chi connectivity index (χ1n) is 4.45. The van der Waals surface area contributed by atoms with Crippen molar-refractivity contribution in [3.8, 4) is 0 Å². The number of nitrogens with one attached hydrogen (secondary N) is 1. The van der Waals surface area contributed by atoms with Crippen LogP contribution in [0.15, 0.2) is 12.2 Å². The number of allylic oxidation sites excluding steroid dienone is 2. The summed E-state index contributed by atoms with van der Waals surface area (Å²) in [5.41, 5.74) is 0. The average Bonchev–Trinajstić information content (AvgIpc) is 2.66. The highest BCUT2D eigenvalue weighted by Crippen LogP contribution is 2.17. The molecule has 0 spiro atoms. The molecule has 0 aromatic heterocycles. The maximum atomic E-state index is 11.3. The number of carboxylic acid groups (broad SMARTS) is 1. The second-order valence-electron chi connectivity index (χ2n) is 3.24. The Kier molecular flexibility index (Phi) is 3.64. The summed E-state index contributed by atoms with van der Waals surface area (Å²) in [7, 11) is 0. The van der Waals surface area contributed by atoms with Gasteiger partial charge in [0.15, 0.2) is 6.10 Å². The highest BCUT2D eigenvalue weighted by molar-refractivity contribution is 5.80. The van der Waals surface area contributed by atoms with E-state index in [1.807, 2.05) is 12.2 Å². The Morgan fingerprint density at radius 2 is 2.00 bits per heavy atom. The molecule has 0 fully saturated rings. The molecule has 14 heavy (non-hydrogen) atoms. The van der Waals surface area contributed by atoms with Gasteiger partial charge in [0.05, 0.1) is 6.54 Å². The number of carbonyl (C=O) groups excluding carboxylic acids is 1. The van der Waals surface area contributed by atoms with Gasteiger partial charge in [-0.2, -0.15) is 0 Å². The van der Waals surface area contributed by atoms with Crippen molar-refractivity contribution in [1.82, 2.24) is 5.32 Å². The largest absolute Gasteiger partial charge is 0.479 e. The van der Waals surface area contributed by atoms with Gasteiger partial charge < -0.3 is 15.5 Å². The van der Waals surface area contributed by atoms with Gasteiger partial charge in [-0.15, -0.1) is 0 Å². The Morgan fingerprint density at radius 1 is 1.43 bits per heavy atom. The van der Waals surface area contributed by atoms with Gasteiger partial charge in [-0.05, 0) is 12.8 Å². The molecule has 0 saturated carbocycles. The van der Waals surface area contributed by atoms with Crippen molar-refractivity contribution in [1.29, 1.82) is 0 Å². The molecule has 0 saturated heterocycles. The molecule has 0 aromatic carbocycles. The van der Waals surface area contributed by atoms with Crippen molar-refractivity contribution < 1.29 is 19.8 Å². The van der Waals surface area contributed by atoms with Crippen LogP contribution in [0, 0.1) is 5.92 Å². The van der Waals surface area contributed by atoms with E-state index in [1.165, 1.54) is 0 Å². The number of amides is 1. The summed E-state index contributed by atoms with van der Waals surface area (Å²) in [5, 5.41) is 19.6. The molecule has 0 aliphatic heterocycles. The zero-order valence-electron chi connectivity index (χ0n) is 7.64. The van der Waals surface area contributed by atoms with Crippen LogP contribution in [-0.2, 0) is 9.59 Å². The fourth-order valence-corrected chi connectivity index (χ4v) is 1.26. The standard InChI is InChI=1S/C9H13NO4/c11-7(9(13)14)5-10-8(12)6-3-1-2-4-6/h1-2,6-7,11H,3-5H2,(H,10,12)(H,13,14). The molecule has 0 bridgehead atoms. The predicted molar refractivity (Wildman–Crippen MR) is 48.5 cm³/mol. The normalized spacial score (nSPS) is 18.1. The van der Waals surface area contributed by atoms with Crippen LogP contribution in [0.1, 0.15) is 12.8 Å². The summed E-state index contributed by atoms with van der Waals surface area (Å²) in [4.78, 5) is 21.5. The Balaban J connectivity index is 2.24. The lowest BCUT2D eigenvalue weighted by Gasteiger charge is -2.11. The Hall–Kier alpha value is -1.36. The molecule has 0 radical (unpaired) electrons. The summed E-state index contributed by atoms with van der Waals surface area (Å²) >= 11 is 0. The van der Waals surface area contributed by atoms with Crippen LogP contribution in [-0.4, -0.2) is 34.7 Å². The number of carbonyl (C=O) groups is 2. The van der Waals surface area contributed by atoms with Crippen LogP contribution in [0.5, 0.6) is 0 Å².